The lowest BCUT2D eigenvalue weighted by molar-refractivity contribution is 0.328. The van der Waals surface area contributed by atoms with Crippen molar-refractivity contribution in [3.05, 3.63) is 35.9 Å². The topological polar surface area (TPSA) is 3.24 Å². The van der Waals surface area contributed by atoms with Gasteiger partial charge in [0.25, 0.3) is 0 Å². The molecule has 90 valence electrons. The zero-order chi connectivity index (χ0) is 11.6. The van der Waals surface area contributed by atoms with Gasteiger partial charge in [-0.2, -0.15) is 0 Å². The molecule has 0 N–H and O–H groups in total. The average Bonchev–Trinajstić information content (AvgIpc) is 2.33. The van der Waals surface area contributed by atoms with Crippen LogP contribution in [0.15, 0.2) is 30.3 Å². The lowest BCUT2D eigenvalue weighted by Crippen LogP contribution is -2.22. The summed E-state index contributed by atoms with van der Waals surface area (Å²) in [5, 5.41) is 0. The molecular formula is C15H26N+. The van der Waals surface area contributed by atoms with Gasteiger partial charge in [-0.05, 0) is 32.0 Å². The van der Waals surface area contributed by atoms with E-state index in [0.29, 0.717) is 0 Å². The van der Waals surface area contributed by atoms with Crippen molar-refractivity contribution in [3.8, 4) is 0 Å². The van der Waals surface area contributed by atoms with Crippen molar-refractivity contribution in [2.24, 2.45) is 0 Å². The van der Waals surface area contributed by atoms with Crippen LogP contribution in [0.1, 0.15) is 39.6 Å². The first kappa shape index (κ1) is 13.2. The highest BCUT2D eigenvalue weighted by molar-refractivity contribution is 5.14. The van der Waals surface area contributed by atoms with Crippen LogP contribution in [0.25, 0.3) is 0 Å². The van der Waals surface area contributed by atoms with E-state index in [-0.39, 0.29) is 1.43 Å². The SMILES string of the molecule is CCCCCCN(C)CCc1ccccc1.[H+]. The fourth-order valence-corrected chi connectivity index (χ4v) is 1.88. The van der Waals surface area contributed by atoms with E-state index in [1.165, 1.54) is 50.8 Å². The molecule has 0 bridgehead atoms. The number of unbranched alkanes of at least 4 members (excludes halogenated alkanes) is 3. The molecule has 0 saturated heterocycles. The summed E-state index contributed by atoms with van der Waals surface area (Å²) in [6, 6.07) is 10.8. The van der Waals surface area contributed by atoms with Crippen LogP contribution in [0.5, 0.6) is 0 Å². The Morgan fingerprint density at radius 3 is 2.44 bits per heavy atom. The number of benzene rings is 1. The van der Waals surface area contributed by atoms with Crippen LogP contribution in [-0.4, -0.2) is 25.0 Å². The maximum absolute atomic E-state index is 2.45. The van der Waals surface area contributed by atoms with Crippen molar-refractivity contribution in [1.29, 1.82) is 0 Å². The van der Waals surface area contributed by atoms with E-state index < -0.39 is 0 Å². The molecule has 1 aromatic carbocycles. The highest BCUT2D eigenvalue weighted by Crippen LogP contribution is 2.03. The van der Waals surface area contributed by atoms with Crippen molar-refractivity contribution in [1.82, 2.24) is 4.90 Å². The molecule has 1 nitrogen and oxygen atoms in total. The molecule has 0 spiro atoms. The summed E-state index contributed by atoms with van der Waals surface area (Å²) in [6.45, 7) is 4.68. The molecule has 16 heavy (non-hydrogen) atoms. The van der Waals surface area contributed by atoms with Crippen LogP contribution in [0, 0.1) is 0 Å². The fourth-order valence-electron chi connectivity index (χ4n) is 1.88. The van der Waals surface area contributed by atoms with E-state index in [1.54, 1.807) is 0 Å². The molecule has 1 rings (SSSR count). The van der Waals surface area contributed by atoms with Gasteiger partial charge in [0, 0.05) is 6.54 Å². The maximum atomic E-state index is 2.45. The van der Waals surface area contributed by atoms with Crippen LogP contribution < -0.4 is 0 Å². The number of likely N-dealkylation sites (N-methyl/N-ethyl adjacent to an activating group) is 1. The Kier molecular flexibility index (Phi) is 6.91. The van der Waals surface area contributed by atoms with Crippen LogP contribution in [0.3, 0.4) is 0 Å². The summed E-state index contributed by atoms with van der Waals surface area (Å²) in [4.78, 5) is 2.45. The van der Waals surface area contributed by atoms with Gasteiger partial charge in [-0.15, -0.1) is 0 Å². The van der Waals surface area contributed by atoms with Crippen molar-refractivity contribution >= 4 is 0 Å². The minimum Gasteiger partial charge on any atom is -0.306 e. The van der Waals surface area contributed by atoms with Gasteiger partial charge in [0.15, 0.2) is 0 Å². The summed E-state index contributed by atoms with van der Waals surface area (Å²) in [5.41, 5.74) is 1.45. The smallest absolute Gasteiger partial charge is 0.306 e. The highest BCUT2D eigenvalue weighted by Gasteiger charge is 1.98. The molecule has 0 atom stereocenters. The molecule has 0 fully saturated rings. The van der Waals surface area contributed by atoms with Gasteiger partial charge in [0.2, 0.25) is 0 Å². The third-order valence-electron chi connectivity index (χ3n) is 3.02. The predicted molar refractivity (Wildman–Crippen MR) is 72.9 cm³/mol. The predicted octanol–water partition coefficient (Wildman–Crippen LogP) is 3.85. The standard InChI is InChI=1S/C15H25N/c1-3-4-5-9-13-16(2)14-12-15-10-7-6-8-11-15/h6-8,10-11H,3-5,9,12-14H2,1-2H3/p+1. The molecule has 0 radical (unpaired) electrons. The van der Waals surface area contributed by atoms with Crippen LogP contribution >= 0.6 is 0 Å². The first-order chi connectivity index (χ1) is 7.83. The molecule has 0 amide bonds. The lowest BCUT2D eigenvalue weighted by atomic mass is 10.1. The molecule has 0 saturated carbocycles. The maximum Gasteiger partial charge on any atom is 1.00 e. The fraction of sp³-hybridized carbons (Fsp3) is 0.600. The van der Waals surface area contributed by atoms with Gasteiger partial charge in [-0.3, -0.25) is 0 Å². The average molecular weight is 220 g/mol. The number of rotatable bonds is 8. The van der Waals surface area contributed by atoms with E-state index in [0.717, 1.165) is 0 Å². The quantitative estimate of drug-likeness (QED) is 0.601. The van der Waals surface area contributed by atoms with Gasteiger partial charge in [-0.1, -0.05) is 56.5 Å². The third-order valence-corrected chi connectivity index (χ3v) is 3.02. The summed E-state index contributed by atoms with van der Waals surface area (Å²) < 4.78 is 0. The summed E-state index contributed by atoms with van der Waals surface area (Å²) >= 11 is 0. The Labute approximate surface area is 102 Å². The van der Waals surface area contributed by atoms with Gasteiger partial charge in [-0.25, -0.2) is 0 Å². The Morgan fingerprint density at radius 1 is 1.00 bits per heavy atom. The van der Waals surface area contributed by atoms with Crippen molar-refractivity contribution in [2.75, 3.05) is 20.1 Å². The summed E-state index contributed by atoms with van der Waals surface area (Å²) in [6.07, 6.45) is 6.61. The Morgan fingerprint density at radius 2 is 1.75 bits per heavy atom. The summed E-state index contributed by atoms with van der Waals surface area (Å²) in [7, 11) is 2.23. The molecule has 1 aromatic rings. The lowest BCUT2D eigenvalue weighted by Gasteiger charge is -2.16. The molecule has 0 heterocycles. The van der Waals surface area contributed by atoms with Crippen molar-refractivity contribution < 1.29 is 1.43 Å². The van der Waals surface area contributed by atoms with Crippen LogP contribution in [0.4, 0.5) is 0 Å². The second-order valence-corrected chi connectivity index (χ2v) is 4.60. The van der Waals surface area contributed by atoms with E-state index in [1.807, 2.05) is 0 Å². The zero-order valence-corrected chi connectivity index (χ0v) is 10.8. The van der Waals surface area contributed by atoms with E-state index >= 15 is 0 Å². The van der Waals surface area contributed by atoms with Crippen LogP contribution in [-0.2, 0) is 6.42 Å². The molecule has 0 aliphatic rings. The number of hydrogen-bond acceptors (Lipinski definition) is 1. The molecule has 1 heteroatoms. The third kappa shape index (κ3) is 5.92. The normalized spacial score (nSPS) is 10.9. The molecule has 0 aliphatic carbocycles. The zero-order valence-electron chi connectivity index (χ0n) is 11.8. The molecule has 0 unspecified atom stereocenters. The van der Waals surface area contributed by atoms with Gasteiger partial charge >= 0.3 is 1.43 Å². The minimum atomic E-state index is 0. The monoisotopic (exact) mass is 220 g/mol. The van der Waals surface area contributed by atoms with E-state index in [2.05, 4.69) is 49.2 Å². The second kappa shape index (κ2) is 8.35. The first-order valence-electron chi connectivity index (χ1n) is 6.55. The number of nitrogens with zero attached hydrogens (tertiary/aromatic N) is 1. The largest absolute Gasteiger partial charge is 1.00 e. The highest BCUT2D eigenvalue weighted by atomic mass is 15.1. The van der Waals surface area contributed by atoms with Crippen molar-refractivity contribution in [2.45, 2.75) is 39.0 Å². The first-order valence-corrected chi connectivity index (χ1v) is 6.55. The van der Waals surface area contributed by atoms with Crippen molar-refractivity contribution in [3.63, 3.8) is 0 Å². The Balaban J connectivity index is 0.00000256. The second-order valence-electron chi connectivity index (χ2n) is 4.60. The van der Waals surface area contributed by atoms with Gasteiger partial charge in [0.05, 0.1) is 0 Å². The molecule has 0 aliphatic heterocycles. The van der Waals surface area contributed by atoms with E-state index in [9.17, 15) is 0 Å². The van der Waals surface area contributed by atoms with Gasteiger partial charge in [0.1, 0.15) is 0 Å². The Bertz CT molecular complexity index is 261. The molecule has 0 aromatic heterocycles. The van der Waals surface area contributed by atoms with Gasteiger partial charge < -0.3 is 4.90 Å². The summed E-state index contributed by atoms with van der Waals surface area (Å²) in [5.74, 6) is 0. The number of hydrogen-bond donors (Lipinski definition) is 0. The van der Waals surface area contributed by atoms with E-state index in [4.69, 9.17) is 0 Å². The molecular weight excluding hydrogens is 194 g/mol. The minimum absolute atomic E-state index is 0. The Hall–Kier alpha value is -0.820. The van der Waals surface area contributed by atoms with Crippen LogP contribution in [0.2, 0.25) is 0 Å².